The Balaban J connectivity index is 1.77. The molecule has 2 amide bonds. The van der Waals surface area contributed by atoms with Crippen LogP contribution >= 0.6 is 0 Å². The highest BCUT2D eigenvalue weighted by Gasteiger charge is 2.62. The summed E-state index contributed by atoms with van der Waals surface area (Å²) in [5.74, 6) is -0.803. The van der Waals surface area contributed by atoms with E-state index in [2.05, 4.69) is 11.1 Å². The molecule has 0 aliphatic carbocycles. The van der Waals surface area contributed by atoms with Gasteiger partial charge in [0.25, 0.3) is 0 Å². The number of aromatic nitrogens is 1. The van der Waals surface area contributed by atoms with E-state index in [-0.39, 0.29) is 35.9 Å². The van der Waals surface area contributed by atoms with Gasteiger partial charge >= 0.3 is 0 Å². The lowest BCUT2D eigenvalue weighted by atomic mass is 9.81. The summed E-state index contributed by atoms with van der Waals surface area (Å²) in [5.41, 5.74) is 1.75. The Morgan fingerprint density at radius 3 is 2.32 bits per heavy atom. The van der Waals surface area contributed by atoms with E-state index >= 15 is 0 Å². The van der Waals surface area contributed by atoms with Crippen molar-refractivity contribution in [3.63, 3.8) is 0 Å². The van der Waals surface area contributed by atoms with Gasteiger partial charge in [0, 0.05) is 0 Å². The lowest BCUT2D eigenvalue weighted by Crippen LogP contribution is -2.35. The van der Waals surface area contributed by atoms with E-state index in [4.69, 9.17) is 10.00 Å². The molecule has 0 radical (unpaired) electrons. The predicted molar refractivity (Wildman–Crippen MR) is 75.8 cm³/mol. The Kier molecular flexibility index (Phi) is 2.66. The first-order valence-electron chi connectivity index (χ1n) is 7.44. The van der Waals surface area contributed by atoms with E-state index in [9.17, 15) is 9.59 Å². The van der Waals surface area contributed by atoms with Crippen molar-refractivity contribution in [2.75, 3.05) is 4.90 Å². The number of anilines is 1. The molecule has 1 aromatic heterocycles. The topological polar surface area (TPSA) is 83.3 Å². The summed E-state index contributed by atoms with van der Waals surface area (Å²) in [7, 11) is 0. The van der Waals surface area contributed by atoms with Crippen LogP contribution in [0.25, 0.3) is 0 Å². The maximum atomic E-state index is 12.7. The molecule has 0 aromatic carbocycles. The molecule has 0 saturated carbocycles. The minimum absolute atomic E-state index is 0.128. The number of hydrogen-bond donors (Lipinski definition) is 0. The first kappa shape index (κ1) is 13.4. The van der Waals surface area contributed by atoms with Crippen molar-refractivity contribution in [1.82, 2.24) is 4.98 Å². The highest BCUT2D eigenvalue weighted by Crippen LogP contribution is 2.49. The van der Waals surface area contributed by atoms with Crippen LogP contribution in [0.2, 0.25) is 0 Å². The van der Waals surface area contributed by atoms with Crippen LogP contribution in [0.4, 0.5) is 5.82 Å². The number of ether oxygens (including phenoxy) is 1. The van der Waals surface area contributed by atoms with Crippen LogP contribution in [0.5, 0.6) is 0 Å². The first-order chi connectivity index (χ1) is 10.5. The summed E-state index contributed by atoms with van der Waals surface area (Å²) in [5, 5.41) is 9.11. The SMILES string of the molecule is Cc1cc(N2C(=O)[C@@H]3[C@H](C2=O)[C@H]2CC[C@@H]3O2)nc(C)c1C#N. The number of hydrogen-bond acceptors (Lipinski definition) is 5. The molecule has 22 heavy (non-hydrogen) atoms. The normalized spacial score (nSPS) is 32.5. The van der Waals surface area contributed by atoms with Gasteiger partial charge in [0.15, 0.2) is 0 Å². The monoisotopic (exact) mass is 297 g/mol. The van der Waals surface area contributed by atoms with Crippen LogP contribution in [0.3, 0.4) is 0 Å². The molecular formula is C16H15N3O3. The lowest BCUT2D eigenvalue weighted by molar-refractivity contribution is -0.124. The van der Waals surface area contributed by atoms with Crippen LogP contribution in [0, 0.1) is 37.0 Å². The predicted octanol–water partition coefficient (Wildman–Crippen LogP) is 1.24. The van der Waals surface area contributed by atoms with Crippen LogP contribution in [0.15, 0.2) is 6.07 Å². The van der Waals surface area contributed by atoms with Crippen molar-refractivity contribution in [3.8, 4) is 6.07 Å². The fourth-order valence-electron chi connectivity index (χ4n) is 4.03. The summed E-state index contributed by atoms with van der Waals surface area (Å²) < 4.78 is 5.72. The Hall–Kier alpha value is -2.26. The van der Waals surface area contributed by atoms with Gasteiger partial charge in [-0.3, -0.25) is 9.59 Å². The van der Waals surface area contributed by atoms with Crippen LogP contribution in [0.1, 0.15) is 29.7 Å². The Bertz CT molecular complexity index is 700. The third-order valence-electron chi connectivity index (χ3n) is 5.01. The summed E-state index contributed by atoms with van der Waals surface area (Å²) in [6.07, 6.45) is 1.43. The minimum Gasteiger partial charge on any atom is -0.373 e. The second kappa shape index (κ2) is 4.37. The maximum Gasteiger partial charge on any atom is 0.241 e. The number of amides is 2. The average molecular weight is 297 g/mol. The van der Waals surface area contributed by atoms with Crippen LogP contribution < -0.4 is 4.90 Å². The van der Waals surface area contributed by atoms with Gasteiger partial charge in [-0.2, -0.15) is 5.26 Å². The van der Waals surface area contributed by atoms with Gasteiger partial charge in [0.1, 0.15) is 11.9 Å². The summed E-state index contributed by atoms with van der Waals surface area (Å²) >= 11 is 0. The molecule has 0 N–H and O–H groups in total. The van der Waals surface area contributed by atoms with E-state index in [1.807, 2.05) is 0 Å². The van der Waals surface area contributed by atoms with Gasteiger partial charge in [-0.1, -0.05) is 0 Å². The molecule has 0 unspecified atom stereocenters. The molecule has 1 aromatic rings. The van der Waals surface area contributed by atoms with Crippen molar-refractivity contribution in [3.05, 3.63) is 22.9 Å². The van der Waals surface area contributed by atoms with Crippen molar-refractivity contribution in [2.45, 2.75) is 38.9 Å². The molecule has 3 aliphatic heterocycles. The van der Waals surface area contributed by atoms with Crippen LogP contribution in [-0.4, -0.2) is 29.0 Å². The molecule has 0 spiro atoms. The molecule has 4 heterocycles. The van der Waals surface area contributed by atoms with E-state index in [0.717, 1.165) is 18.4 Å². The number of imide groups is 1. The number of nitrogens with zero attached hydrogens (tertiary/aromatic N) is 3. The van der Waals surface area contributed by atoms with Crippen molar-refractivity contribution in [1.29, 1.82) is 5.26 Å². The van der Waals surface area contributed by atoms with Crippen molar-refractivity contribution in [2.24, 2.45) is 11.8 Å². The zero-order valence-electron chi connectivity index (χ0n) is 12.4. The maximum absolute atomic E-state index is 12.7. The zero-order valence-corrected chi connectivity index (χ0v) is 12.4. The third-order valence-corrected chi connectivity index (χ3v) is 5.01. The first-order valence-corrected chi connectivity index (χ1v) is 7.44. The molecule has 3 saturated heterocycles. The quantitative estimate of drug-likeness (QED) is 0.728. The fraction of sp³-hybridized carbons (Fsp3) is 0.500. The Labute approximate surface area is 127 Å². The van der Waals surface area contributed by atoms with Crippen LogP contribution in [-0.2, 0) is 14.3 Å². The molecular weight excluding hydrogens is 282 g/mol. The number of fused-ring (bicyclic) bond motifs is 5. The zero-order chi connectivity index (χ0) is 15.6. The summed E-state index contributed by atoms with van der Waals surface area (Å²) in [6, 6.07) is 3.74. The van der Waals surface area contributed by atoms with Crippen molar-refractivity contribution >= 4 is 17.6 Å². The molecule has 2 bridgehead atoms. The van der Waals surface area contributed by atoms with Gasteiger partial charge in [-0.05, 0) is 38.3 Å². The number of carbonyl (C=O) groups excluding carboxylic acids is 2. The number of rotatable bonds is 1. The van der Waals surface area contributed by atoms with E-state index in [0.29, 0.717) is 17.1 Å². The second-order valence-corrected chi connectivity index (χ2v) is 6.22. The standard InChI is InChI=1S/C16H15N3O3/c1-7-5-12(18-8(2)9(7)6-17)19-15(20)13-10-3-4-11(22-10)14(13)16(19)21/h5,10-11,13-14H,3-4H2,1-2H3/t10-,11+,13-,14+. The minimum atomic E-state index is -0.357. The van der Waals surface area contributed by atoms with Crippen molar-refractivity contribution < 1.29 is 14.3 Å². The molecule has 4 atom stereocenters. The number of aryl methyl sites for hydroxylation is 2. The highest BCUT2D eigenvalue weighted by atomic mass is 16.5. The number of carbonyl (C=O) groups is 2. The highest BCUT2D eigenvalue weighted by molar-refractivity contribution is 6.22. The summed E-state index contributed by atoms with van der Waals surface area (Å²) in [4.78, 5) is 30.9. The largest absolute Gasteiger partial charge is 0.373 e. The van der Waals surface area contributed by atoms with Gasteiger partial charge < -0.3 is 4.74 Å². The average Bonchev–Trinajstić information content (AvgIpc) is 3.12. The molecule has 3 aliphatic rings. The number of pyridine rings is 1. The summed E-state index contributed by atoms with van der Waals surface area (Å²) in [6.45, 7) is 3.50. The third kappa shape index (κ3) is 1.54. The molecule has 6 nitrogen and oxygen atoms in total. The van der Waals surface area contributed by atoms with E-state index in [1.165, 1.54) is 4.90 Å². The number of nitriles is 1. The molecule has 3 fully saturated rings. The Morgan fingerprint density at radius 2 is 1.82 bits per heavy atom. The molecule has 6 heteroatoms. The Morgan fingerprint density at radius 1 is 1.23 bits per heavy atom. The van der Waals surface area contributed by atoms with Gasteiger partial charge in [0.05, 0.1) is 35.3 Å². The lowest BCUT2D eigenvalue weighted by Gasteiger charge is -2.18. The second-order valence-electron chi connectivity index (χ2n) is 6.22. The fourth-order valence-corrected chi connectivity index (χ4v) is 4.03. The molecule has 112 valence electrons. The van der Waals surface area contributed by atoms with Gasteiger partial charge in [0.2, 0.25) is 11.8 Å². The van der Waals surface area contributed by atoms with Gasteiger partial charge in [-0.15, -0.1) is 0 Å². The molecule has 4 rings (SSSR count). The van der Waals surface area contributed by atoms with Gasteiger partial charge in [-0.25, -0.2) is 9.88 Å². The van der Waals surface area contributed by atoms with E-state index < -0.39 is 0 Å². The van der Waals surface area contributed by atoms with E-state index in [1.54, 1.807) is 19.9 Å². The smallest absolute Gasteiger partial charge is 0.241 e.